The molecule has 0 radical (unpaired) electrons. The number of esters is 1. The second kappa shape index (κ2) is 8.40. The first-order valence-corrected chi connectivity index (χ1v) is 11.5. The molecular formula is C26H22Cl2N2O4. The molecule has 34 heavy (non-hydrogen) atoms. The molecule has 5 atom stereocenters. The van der Waals surface area contributed by atoms with Crippen LogP contribution < -0.4 is 5.32 Å². The van der Waals surface area contributed by atoms with Crippen LogP contribution in [0.4, 0.5) is 0 Å². The monoisotopic (exact) mass is 496 g/mol. The van der Waals surface area contributed by atoms with Gasteiger partial charge in [-0.15, -0.1) is 0 Å². The zero-order chi connectivity index (χ0) is 24.1. The summed E-state index contributed by atoms with van der Waals surface area (Å²) in [6.45, 7) is 0. The Hall–Kier alpha value is -2.90. The molecule has 3 aromatic rings. The fourth-order valence-electron chi connectivity index (χ4n) is 5.35. The fraction of sp³-hybridized carbons (Fsp3) is 0.231. The number of halogens is 2. The Balaban J connectivity index is 1.83. The van der Waals surface area contributed by atoms with Gasteiger partial charge in [0.15, 0.2) is 5.54 Å². The molecule has 2 saturated heterocycles. The maximum absolute atomic E-state index is 13.9. The molecule has 174 valence electrons. The first kappa shape index (κ1) is 22.9. The Kier molecular flexibility index (Phi) is 5.65. The highest BCUT2D eigenvalue weighted by atomic mass is 35.5. The van der Waals surface area contributed by atoms with Crippen LogP contribution in [0.15, 0.2) is 78.9 Å². The third kappa shape index (κ3) is 3.03. The molecule has 1 unspecified atom stereocenters. The van der Waals surface area contributed by atoms with Gasteiger partial charge in [-0.25, -0.2) is 9.69 Å². The number of hydrogen-bond donors (Lipinski definition) is 1. The Morgan fingerprint density at radius 2 is 1.50 bits per heavy atom. The SMILES string of the molecule is COC(=O)[C@]12[C@@H](c3ccccc3)C(=O)N[C@@](OC)(c3ccccc3)N1[C@@H]2c1c(Cl)cccc1Cl. The predicted molar refractivity (Wildman–Crippen MR) is 128 cm³/mol. The van der Waals surface area contributed by atoms with Crippen molar-refractivity contribution in [2.45, 2.75) is 23.3 Å². The zero-order valence-corrected chi connectivity index (χ0v) is 20.0. The zero-order valence-electron chi connectivity index (χ0n) is 18.5. The van der Waals surface area contributed by atoms with Gasteiger partial charge in [-0.3, -0.25) is 4.79 Å². The minimum Gasteiger partial charge on any atom is -0.468 e. The molecule has 0 spiro atoms. The molecule has 0 saturated carbocycles. The van der Waals surface area contributed by atoms with E-state index in [2.05, 4.69) is 5.32 Å². The summed E-state index contributed by atoms with van der Waals surface area (Å²) in [5, 5.41) is 3.81. The minimum absolute atomic E-state index is 0.371. The summed E-state index contributed by atoms with van der Waals surface area (Å²) < 4.78 is 11.4. The van der Waals surface area contributed by atoms with Gasteiger partial charge in [-0.1, -0.05) is 89.9 Å². The lowest BCUT2D eigenvalue weighted by Crippen LogP contribution is -2.64. The number of methoxy groups -OCH3 is 2. The Morgan fingerprint density at radius 3 is 2.06 bits per heavy atom. The summed E-state index contributed by atoms with van der Waals surface area (Å²) in [6, 6.07) is 22.8. The number of carbonyl (C=O) groups is 2. The minimum atomic E-state index is -1.45. The van der Waals surface area contributed by atoms with Crippen molar-refractivity contribution in [2.24, 2.45) is 0 Å². The van der Waals surface area contributed by atoms with Crippen molar-refractivity contribution in [1.82, 2.24) is 10.2 Å². The molecule has 3 aromatic carbocycles. The molecular weight excluding hydrogens is 475 g/mol. The van der Waals surface area contributed by atoms with Gasteiger partial charge in [0.25, 0.3) is 0 Å². The molecule has 6 nitrogen and oxygen atoms in total. The van der Waals surface area contributed by atoms with Gasteiger partial charge >= 0.3 is 5.97 Å². The number of nitrogens with one attached hydrogen (secondary N) is 1. The second-order valence-corrected chi connectivity index (χ2v) is 9.09. The smallest absolute Gasteiger partial charge is 0.329 e. The highest BCUT2D eigenvalue weighted by Crippen LogP contribution is 2.69. The van der Waals surface area contributed by atoms with E-state index >= 15 is 0 Å². The van der Waals surface area contributed by atoms with E-state index in [-0.39, 0.29) is 5.91 Å². The van der Waals surface area contributed by atoms with Crippen molar-refractivity contribution in [2.75, 3.05) is 14.2 Å². The average molecular weight is 497 g/mol. The van der Waals surface area contributed by atoms with Gasteiger partial charge in [-0.2, -0.15) is 0 Å². The van der Waals surface area contributed by atoms with Crippen molar-refractivity contribution in [1.29, 1.82) is 0 Å². The maximum atomic E-state index is 13.9. The molecule has 0 aromatic heterocycles. The van der Waals surface area contributed by atoms with Crippen LogP contribution in [0, 0.1) is 0 Å². The highest BCUT2D eigenvalue weighted by Gasteiger charge is 2.83. The van der Waals surface area contributed by atoms with Crippen LogP contribution in [0.5, 0.6) is 0 Å². The van der Waals surface area contributed by atoms with Gasteiger partial charge in [0, 0.05) is 28.3 Å². The number of ether oxygens (including phenoxy) is 2. The standard InChI is InChI=1S/C26H22Cl2N2O4/c1-33-24(32)25-21(16-10-5-3-6-11-16)23(31)29-26(34-2,17-12-7-4-8-13-17)30(25)22(25)20-18(27)14-9-15-19(20)28/h3-15,21-22H,1-2H3,(H,29,31)/t21-,22+,25+,26-,30?/m0/s1. The molecule has 8 heteroatoms. The molecule has 0 bridgehead atoms. The first-order chi connectivity index (χ1) is 16.4. The molecule has 0 aliphatic carbocycles. The maximum Gasteiger partial charge on any atom is 0.329 e. The van der Waals surface area contributed by atoms with Crippen LogP contribution in [-0.2, 0) is 24.9 Å². The van der Waals surface area contributed by atoms with Gasteiger partial charge in [0.1, 0.15) is 0 Å². The number of fused-ring (bicyclic) bond motifs is 1. The van der Waals surface area contributed by atoms with Crippen LogP contribution >= 0.6 is 23.2 Å². The van der Waals surface area contributed by atoms with E-state index in [4.69, 9.17) is 32.7 Å². The summed E-state index contributed by atoms with van der Waals surface area (Å²) >= 11 is 13.3. The number of amides is 1. The number of hydrogen-bond acceptors (Lipinski definition) is 5. The van der Waals surface area contributed by atoms with Gasteiger partial charge < -0.3 is 14.8 Å². The van der Waals surface area contributed by atoms with Crippen molar-refractivity contribution in [3.05, 3.63) is 106 Å². The van der Waals surface area contributed by atoms with Gasteiger partial charge in [0.2, 0.25) is 11.8 Å². The van der Waals surface area contributed by atoms with Crippen LogP contribution in [0.25, 0.3) is 0 Å². The molecule has 1 amide bonds. The predicted octanol–water partition coefficient (Wildman–Crippen LogP) is 4.63. The van der Waals surface area contributed by atoms with E-state index in [0.717, 1.165) is 0 Å². The van der Waals surface area contributed by atoms with Crippen LogP contribution in [0.2, 0.25) is 10.0 Å². The first-order valence-electron chi connectivity index (χ1n) is 10.7. The van der Waals surface area contributed by atoms with E-state index < -0.39 is 29.3 Å². The molecule has 2 aliphatic heterocycles. The van der Waals surface area contributed by atoms with Crippen LogP contribution in [-0.4, -0.2) is 36.5 Å². The van der Waals surface area contributed by atoms with E-state index in [9.17, 15) is 9.59 Å². The normalized spacial score (nSPS) is 29.6. The Labute approximate surface area is 207 Å². The Bertz CT molecular complexity index is 1240. The quantitative estimate of drug-likeness (QED) is 0.411. The number of carbonyl (C=O) groups excluding carboxylic acids is 2. The number of rotatable bonds is 5. The average Bonchev–Trinajstić information content (AvgIpc) is 3.54. The van der Waals surface area contributed by atoms with E-state index in [1.807, 2.05) is 65.6 Å². The Morgan fingerprint density at radius 1 is 0.912 bits per heavy atom. The number of benzene rings is 3. The van der Waals surface area contributed by atoms with Crippen molar-refractivity contribution < 1.29 is 19.1 Å². The molecule has 5 rings (SSSR count). The lowest BCUT2D eigenvalue weighted by Gasteiger charge is -2.43. The summed E-state index contributed by atoms with van der Waals surface area (Å²) in [6.07, 6.45) is 0. The summed E-state index contributed by atoms with van der Waals surface area (Å²) in [7, 11) is 2.80. The van der Waals surface area contributed by atoms with Gasteiger partial charge in [0.05, 0.1) is 19.1 Å². The van der Waals surface area contributed by atoms with Crippen LogP contribution in [0.1, 0.15) is 28.7 Å². The molecule has 2 heterocycles. The fourth-order valence-corrected chi connectivity index (χ4v) is 5.96. The topological polar surface area (TPSA) is 67.6 Å². The van der Waals surface area contributed by atoms with Crippen molar-refractivity contribution in [3.8, 4) is 0 Å². The third-order valence-electron chi connectivity index (χ3n) is 6.72. The number of nitrogens with zero attached hydrogens (tertiary/aromatic N) is 1. The molecule has 1 N–H and O–H groups in total. The summed E-state index contributed by atoms with van der Waals surface area (Å²) in [5.41, 5.74) is 0.403. The van der Waals surface area contributed by atoms with E-state index in [0.29, 0.717) is 26.7 Å². The van der Waals surface area contributed by atoms with E-state index in [1.54, 1.807) is 18.2 Å². The molecule has 2 aliphatic rings. The van der Waals surface area contributed by atoms with Crippen molar-refractivity contribution in [3.63, 3.8) is 0 Å². The lowest BCUT2D eigenvalue weighted by molar-refractivity contribution is -0.181. The lowest BCUT2D eigenvalue weighted by atomic mass is 9.79. The largest absolute Gasteiger partial charge is 0.468 e. The van der Waals surface area contributed by atoms with Gasteiger partial charge in [-0.05, 0) is 17.7 Å². The second-order valence-electron chi connectivity index (χ2n) is 8.27. The molecule has 2 fully saturated rings. The van der Waals surface area contributed by atoms with E-state index in [1.165, 1.54) is 14.2 Å². The summed E-state index contributed by atoms with van der Waals surface area (Å²) in [5.74, 6) is -3.30. The van der Waals surface area contributed by atoms with Crippen LogP contribution in [0.3, 0.4) is 0 Å². The third-order valence-corrected chi connectivity index (χ3v) is 7.38. The summed E-state index contributed by atoms with van der Waals surface area (Å²) in [4.78, 5) is 29.4. The highest BCUT2D eigenvalue weighted by molar-refractivity contribution is 6.36. The van der Waals surface area contributed by atoms with Crippen molar-refractivity contribution >= 4 is 35.1 Å².